The Balaban J connectivity index is 4.03. The van der Waals surface area contributed by atoms with E-state index in [-0.39, 0.29) is 0 Å². The molecule has 0 aliphatic carbocycles. The number of hydrogen-bond donors (Lipinski definition) is 0. The van der Waals surface area contributed by atoms with Crippen LogP contribution in [-0.2, 0) is 14.4 Å². The summed E-state index contributed by atoms with van der Waals surface area (Å²) in [6.07, 6.45) is 0. The Hall–Kier alpha value is 0.260. The fourth-order valence-electron chi connectivity index (χ4n) is 0.358. The van der Waals surface area contributed by atoms with Gasteiger partial charge in [-0.15, -0.1) is 0 Å². The molecule has 0 rings (SSSR count). The molecule has 0 unspecified atom stereocenters. The largest absolute Gasteiger partial charge is 0.459 e. The minimum atomic E-state index is -1.67. The number of esters is 1. The van der Waals surface area contributed by atoms with Crippen molar-refractivity contribution in [1.29, 1.82) is 0 Å². The summed E-state index contributed by atoms with van der Waals surface area (Å²) >= 11 is 16.0. The minimum Gasteiger partial charge on any atom is -0.459 e. The van der Waals surface area contributed by atoms with Crippen LogP contribution in [0, 0.1) is 0 Å². The second kappa shape index (κ2) is 4.66. The van der Waals surface area contributed by atoms with E-state index < -0.39 is 22.0 Å². The molecule has 0 amide bonds. The number of carbonyl (C=O) groups is 1. The fourth-order valence-corrected chi connectivity index (χ4v) is 0.522. The minimum absolute atomic E-state index is 0.400. The van der Waals surface area contributed by atoms with E-state index >= 15 is 0 Å². The maximum atomic E-state index is 11.1. The highest BCUT2D eigenvalue weighted by molar-refractivity contribution is 6.67. The first-order valence-corrected chi connectivity index (χ1v) is 4.39. The van der Waals surface area contributed by atoms with Crippen molar-refractivity contribution >= 4 is 40.8 Å². The molecule has 0 atom stereocenters. The number of nitrogens with zero attached hydrogens (tertiary/aromatic N) is 1. The molecule has 0 aliphatic heterocycles. The molecule has 0 aromatic carbocycles. The average molecular weight is 248 g/mol. The van der Waals surface area contributed by atoms with E-state index in [4.69, 9.17) is 40.7 Å². The van der Waals surface area contributed by atoms with Crippen molar-refractivity contribution in [3.05, 3.63) is 0 Å². The van der Waals surface area contributed by atoms with Gasteiger partial charge in [0.1, 0.15) is 6.61 Å². The first kappa shape index (κ1) is 13.3. The zero-order chi connectivity index (χ0) is 10.7. The maximum absolute atomic E-state index is 11.1. The number of rotatable bonds is 3. The van der Waals surface area contributed by atoms with Crippen LogP contribution in [0.3, 0.4) is 0 Å². The lowest BCUT2D eigenvalue weighted by Gasteiger charge is -2.19. The number of ether oxygens (including phenoxy) is 1. The van der Waals surface area contributed by atoms with Crippen molar-refractivity contribution in [3.63, 3.8) is 0 Å². The third-order valence-electron chi connectivity index (χ3n) is 1.09. The number of hydrogen-bond acceptors (Lipinski definition) is 3. The van der Waals surface area contributed by atoms with E-state index in [9.17, 15) is 4.79 Å². The molecule has 0 N–H and O–H groups in total. The molecule has 0 aromatic rings. The van der Waals surface area contributed by atoms with Gasteiger partial charge in [0.25, 0.3) is 0 Å². The summed E-state index contributed by atoms with van der Waals surface area (Å²) in [5.41, 5.74) is -1.46. The van der Waals surface area contributed by atoms with Gasteiger partial charge in [-0.25, -0.2) is 9.63 Å². The topological polar surface area (TPSA) is 57.8 Å². The van der Waals surface area contributed by atoms with Crippen molar-refractivity contribution in [3.8, 4) is 0 Å². The van der Waals surface area contributed by atoms with Crippen LogP contribution in [0.4, 0.5) is 0 Å². The van der Waals surface area contributed by atoms with Gasteiger partial charge in [0.05, 0.1) is 0 Å². The fraction of sp³-hybridized carbons (Fsp3) is 0.833. The molecule has 0 saturated heterocycles. The molecule has 0 heterocycles. The van der Waals surface area contributed by atoms with E-state index in [1.165, 1.54) is 13.8 Å². The van der Waals surface area contributed by atoms with Gasteiger partial charge in [-0.1, -0.05) is 34.8 Å². The molecule has 0 aromatic heterocycles. The number of carbonyl (C=O) groups excluding carboxylic acids is 1. The van der Waals surface area contributed by atoms with E-state index in [0.29, 0.717) is 0 Å². The molecule has 2 radical (unpaired) electrons. The van der Waals surface area contributed by atoms with Crippen LogP contribution in [0.2, 0.25) is 0 Å². The van der Waals surface area contributed by atoms with E-state index in [0.717, 1.165) is 0 Å². The summed E-state index contributed by atoms with van der Waals surface area (Å²) in [6.45, 7) is 2.23. The van der Waals surface area contributed by atoms with E-state index in [1.807, 2.05) is 0 Å². The third-order valence-corrected chi connectivity index (χ3v) is 1.41. The van der Waals surface area contributed by atoms with Crippen molar-refractivity contribution in [2.45, 2.75) is 23.2 Å². The van der Waals surface area contributed by atoms with Gasteiger partial charge in [0.15, 0.2) is 5.60 Å². The highest BCUT2D eigenvalue weighted by Gasteiger charge is 2.33. The summed E-state index contributed by atoms with van der Waals surface area (Å²) in [4.78, 5) is 14.9. The molecule has 4 nitrogen and oxygen atoms in total. The van der Waals surface area contributed by atoms with Crippen LogP contribution < -0.4 is 5.90 Å². The lowest BCUT2D eigenvalue weighted by molar-refractivity contribution is -0.170. The summed E-state index contributed by atoms with van der Waals surface area (Å²) < 4.78 is 2.88. The zero-order valence-electron chi connectivity index (χ0n) is 7.01. The maximum Gasteiger partial charge on any atom is 0.340 e. The van der Waals surface area contributed by atoms with Gasteiger partial charge in [0, 0.05) is 5.90 Å². The highest BCUT2D eigenvalue weighted by atomic mass is 35.6. The lowest BCUT2D eigenvalue weighted by atomic mass is 10.1. The molecule has 0 fully saturated rings. The number of halogens is 3. The third kappa shape index (κ3) is 5.54. The van der Waals surface area contributed by atoms with Gasteiger partial charge >= 0.3 is 5.97 Å². The SMILES string of the molecule is CC(C)(O[N])C(=O)OCC(Cl)(Cl)Cl. The quantitative estimate of drug-likeness (QED) is 0.434. The Morgan fingerprint density at radius 1 is 1.38 bits per heavy atom. The summed E-state index contributed by atoms with van der Waals surface area (Å²) in [5.74, 6) is 7.48. The molecule has 13 heavy (non-hydrogen) atoms. The normalized spacial score (nSPS) is 12.8. The second-order valence-electron chi connectivity index (χ2n) is 2.79. The van der Waals surface area contributed by atoms with Gasteiger partial charge in [-0.2, -0.15) is 0 Å². The Kier molecular flexibility index (Phi) is 4.76. The lowest BCUT2D eigenvalue weighted by Crippen LogP contribution is -2.37. The predicted molar refractivity (Wildman–Crippen MR) is 48.5 cm³/mol. The molecule has 0 aliphatic rings. The van der Waals surface area contributed by atoms with Crippen LogP contribution in [-0.4, -0.2) is 22.0 Å². The van der Waals surface area contributed by atoms with Crippen molar-refractivity contribution in [1.82, 2.24) is 5.90 Å². The van der Waals surface area contributed by atoms with Crippen molar-refractivity contribution < 1.29 is 14.4 Å². The Labute approximate surface area is 91.2 Å². The summed E-state index contributed by atoms with van der Waals surface area (Å²) in [7, 11) is 0. The monoisotopic (exact) mass is 247 g/mol. The standard InChI is InChI=1S/C6H8Cl3NO3/c1-5(2,13-10)4(11)12-3-6(7,8)9/h3H2,1-2H3. The molecule has 7 heteroatoms. The Morgan fingerprint density at radius 2 is 1.85 bits per heavy atom. The number of alkyl halides is 3. The summed E-state index contributed by atoms with van der Waals surface area (Å²) in [6, 6.07) is 0. The van der Waals surface area contributed by atoms with Gasteiger partial charge in [-0.05, 0) is 13.8 Å². The first-order chi connectivity index (χ1) is 5.69. The molecular formula is C6H8Cl3NO3. The average Bonchev–Trinajstić information content (AvgIpc) is 1.98. The van der Waals surface area contributed by atoms with Crippen LogP contribution in [0.25, 0.3) is 0 Å². The van der Waals surface area contributed by atoms with Crippen LogP contribution in [0.1, 0.15) is 13.8 Å². The molecule has 0 spiro atoms. The van der Waals surface area contributed by atoms with Gasteiger partial charge in [-0.3, -0.25) is 0 Å². The molecule has 0 saturated carbocycles. The highest BCUT2D eigenvalue weighted by Crippen LogP contribution is 2.26. The van der Waals surface area contributed by atoms with Crippen LogP contribution in [0.15, 0.2) is 0 Å². The van der Waals surface area contributed by atoms with Crippen LogP contribution >= 0.6 is 34.8 Å². The molecule has 76 valence electrons. The molecular weight excluding hydrogens is 240 g/mol. The predicted octanol–water partition coefficient (Wildman–Crippen LogP) is 1.68. The van der Waals surface area contributed by atoms with Gasteiger partial charge < -0.3 is 4.74 Å². The molecule has 0 bridgehead atoms. The summed E-state index contributed by atoms with van der Waals surface area (Å²) in [5, 5.41) is 0. The van der Waals surface area contributed by atoms with Gasteiger partial charge in [0.2, 0.25) is 3.79 Å². The zero-order valence-corrected chi connectivity index (χ0v) is 9.28. The first-order valence-electron chi connectivity index (χ1n) is 3.25. The van der Waals surface area contributed by atoms with Crippen molar-refractivity contribution in [2.24, 2.45) is 0 Å². The Morgan fingerprint density at radius 3 is 2.15 bits per heavy atom. The smallest absolute Gasteiger partial charge is 0.340 e. The van der Waals surface area contributed by atoms with Crippen molar-refractivity contribution in [2.75, 3.05) is 6.61 Å². The Bertz CT molecular complexity index is 190. The van der Waals surface area contributed by atoms with Crippen LogP contribution in [0.5, 0.6) is 0 Å². The second-order valence-corrected chi connectivity index (χ2v) is 5.31. The van der Waals surface area contributed by atoms with E-state index in [1.54, 1.807) is 0 Å². The van der Waals surface area contributed by atoms with E-state index in [2.05, 4.69) is 9.57 Å².